The van der Waals surface area contributed by atoms with Gasteiger partial charge in [-0.25, -0.2) is 4.98 Å². The average molecular weight is 398 g/mol. The molecule has 0 aliphatic carbocycles. The number of rotatable bonds is 5. The summed E-state index contributed by atoms with van der Waals surface area (Å²) in [5.41, 5.74) is 2.79. The summed E-state index contributed by atoms with van der Waals surface area (Å²) < 4.78 is 1.23. The van der Waals surface area contributed by atoms with Crippen molar-refractivity contribution in [1.29, 1.82) is 0 Å². The molecule has 144 valence electrons. The number of anilines is 2. The van der Waals surface area contributed by atoms with Crippen molar-refractivity contribution in [2.75, 3.05) is 4.90 Å². The predicted octanol–water partition coefficient (Wildman–Crippen LogP) is 3.56. The van der Waals surface area contributed by atoms with Crippen molar-refractivity contribution in [3.05, 3.63) is 79.2 Å². The van der Waals surface area contributed by atoms with Gasteiger partial charge in [-0.2, -0.15) is 0 Å². The topological polar surface area (TPSA) is 98.3 Å². The molecule has 1 aromatic carbocycles. The third kappa shape index (κ3) is 3.84. The number of nitro groups is 1. The van der Waals surface area contributed by atoms with Gasteiger partial charge in [0, 0.05) is 24.4 Å². The Morgan fingerprint density at radius 2 is 2.04 bits per heavy atom. The summed E-state index contributed by atoms with van der Waals surface area (Å²) >= 11 is 1.28. The summed E-state index contributed by atoms with van der Waals surface area (Å²) in [5, 5.41) is 13.2. The Labute approximate surface area is 164 Å². The molecule has 8 nitrogen and oxygen atoms in total. The third-order valence-electron chi connectivity index (χ3n) is 4.37. The summed E-state index contributed by atoms with van der Waals surface area (Å²) in [5.74, 6) is -0.179. The van der Waals surface area contributed by atoms with Crippen molar-refractivity contribution in [3.8, 4) is 0 Å². The first kappa shape index (κ1) is 19.4. The van der Waals surface area contributed by atoms with Gasteiger partial charge in [-0.1, -0.05) is 12.1 Å². The standard InChI is InChI=1S/C19H18N4O4S/c1-12-5-4-6-17(13(12)2)22(14(3)24)19-20-15(11-28-19)9-21-10-16(23(26)27)7-8-18(21)25/h4-8,10-11H,9H2,1-3H3. The Morgan fingerprint density at radius 3 is 2.71 bits per heavy atom. The van der Waals surface area contributed by atoms with Gasteiger partial charge in [-0.3, -0.25) is 24.6 Å². The molecule has 2 aromatic heterocycles. The summed E-state index contributed by atoms with van der Waals surface area (Å²) in [7, 11) is 0. The highest BCUT2D eigenvalue weighted by atomic mass is 32.1. The Kier molecular flexibility index (Phi) is 5.36. The van der Waals surface area contributed by atoms with E-state index in [1.165, 1.54) is 40.0 Å². The second-order valence-corrected chi connectivity index (χ2v) is 7.14. The van der Waals surface area contributed by atoms with E-state index in [0.29, 0.717) is 10.8 Å². The second-order valence-electron chi connectivity index (χ2n) is 6.31. The maximum absolute atomic E-state index is 12.3. The average Bonchev–Trinajstić information content (AvgIpc) is 3.08. The van der Waals surface area contributed by atoms with E-state index in [-0.39, 0.29) is 23.7 Å². The number of nitrogens with zero attached hydrogens (tertiary/aromatic N) is 4. The van der Waals surface area contributed by atoms with Crippen LogP contribution in [-0.4, -0.2) is 20.4 Å². The van der Waals surface area contributed by atoms with Gasteiger partial charge in [-0.05, 0) is 31.0 Å². The molecule has 0 saturated carbocycles. The summed E-state index contributed by atoms with van der Waals surface area (Å²) in [4.78, 5) is 40.7. The molecule has 0 bridgehead atoms. The van der Waals surface area contributed by atoms with E-state index in [9.17, 15) is 19.7 Å². The molecular weight excluding hydrogens is 380 g/mol. The highest BCUT2D eigenvalue weighted by Crippen LogP contribution is 2.32. The van der Waals surface area contributed by atoms with Crippen molar-refractivity contribution in [1.82, 2.24) is 9.55 Å². The van der Waals surface area contributed by atoms with Gasteiger partial charge in [0.25, 0.3) is 11.2 Å². The number of hydrogen-bond donors (Lipinski definition) is 0. The van der Waals surface area contributed by atoms with Crippen LogP contribution < -0.4 is 10.5 Å². The fourth-order valence-electron chi connectivity index (χ4n) is 2.78. The Bertz CT molecular complexity index is 1120. The van der Waals surface area contributed by atoms with Crippen LogP contribution in [0.2, 0.25) is 0 Å². The first-order valence-corrected chi connectivity index (χ1v) is 9.32. The molecule has 3 aromatic rings. The molecule has 2 heterocycles. The van der Waals surface area contributed by atoms with Gasteiger partial charge >= 0.3 is 0 Å². The van der Waals surface area contributed by atoms with Crippen molar-refractivity contribution in [2.24, 2.45) is 0 Å². The highest BCUT2D eigenvalue weighted by Gasteiger charge is 2.20. The molecule has 0 N–H and O–H groups in total. The van der Waals surface area contributed by atoms with Crippen LogP contribution in [-0.2, 0) is 11.3 Å². The maximum atomic E-state index is 12.3. The van der Waals surface area contributed by atoms with Gasteiger partial charge in [0.1, 0.15) is 0 Å². The first-order valence-electron chi connectivity index (χ1n) is 8.44. The molecule has 0 saturated heterocycles. The lowest BCUT2D eigenvalue weighted by molar-refractivity contribution is -0.385. The second kappa shape index (κ2) is 7.73. The first-order chi connectivity index (χ1) is 13.3. The molecule has 0 unspecified atom stereocenters. The molecular formula is C19H18N4O4S. The normalized spacial score (nSPS) is 10.7. The molecule has 0 fully saturated rings. The molecule has 0 aliphatic rings. The molecule has 0 aliphatic heterocycles. The summed E-state index contributed by atoms with van der Waals surface area (Å²) in [6.07, 6.45) is 1.19. The fraction of sp³-hybridized carbons (Fsp3) is 0.211. The maximum Gasteiger partial charge on any atom is 0.285 e. The Hall–Kier alpha value is -3.33. The lowest BCUT2D eigenvalue weighted by Gasteiger charge is -2.21. The number of hydrogen-bond acceptors (Lipinski definition) is 6. The van der Waals surface area contributed by atoms with Gasteiger partial charge in [0.2, 0.25) is 5.91 Å². The predicted molar refractivity (Wildman–Crippen MR) is 107 cm³/mol. The minimum Gasteiger partial charge on any atom is -0.303 e. The Balaban J connectivity index is 1.95. The van der Waals surface area contributed by atoms with Crippen molar-refractivity contribution >= 4 is 33.8 Å². The van der Waals surface area contributed by atoms with E-state index in [1.807, 2.05) is 32.0 Å². The number of benzene rings is 1. The molecule has 0 atom stereocenters. The minimum absolute atomic E-state index is 0.0789. The van der Waals surface area contributed by atoms with Crippen LogP contribution in [0.4, 0.5) is 16.5 Å². The van der Waals surface area contributed by atoms with Crippen LogP contribution in [0.3, 0.4) is 0 Å². The van der Waals surface area contributed by atoms with Gasteiger partial charge in [0.15, 0.2) is 5.13 Å². The molecule has 3 rings (SSSR count). The van der Waals surface area contributed by atoms with E-state index < -0.39 is 4.92 Å². The number of aryl methyl sites for hydroxylation is 1. The van der Waals surface area contributed by atoms with Gasteiger partial charge in [0.05, 0.1) is 29.0 Å². The van der Waals surface area contributed by atoms with E-state index in [2.05, 4.69) is 4.98 Å². The van der Waals surface area contributed by atoms with Crippen LogP contribution >= 0.6 is 11.3 Å². The van der Waals surface area contributed by atoms with E-state index in [1.54, 1.807) is 5.38 Å². The van der Waals surface area contributed by atoms with Crippen LogP contribution in [0.5, 0.6) is 0 Å². The lowest BCUT2D eigenvalue weighted by Crippen LogP contribution is -2.24. The van der Waals surface area contributed by atoms with E-state index in [0.717, 1.165) is 22.9 Å². The lowest BCUT2D eigenvalue weighted by atomic mass is 10.1. The molecule has 28 heavy (non-hydrogen) atoms. The summed E-state index contributed by atoms with van der Waals surface area (Å²) in [6, 6.07) is 8.03. The van der Waals surface area contributed by atoms with E-state index in [4.69, 9.17) is 0 Å². The van der Waals surface area contributed by atoms with Gasteiger partial charge in [-0.15, -0.1) is 11.3 Å². The minimum atomic E-state index is -0.555. The Morgan fingerprint density at radius 1 is 1.29 bits per heavy atom. The highest BCUT2D eigenvalue weighted by molar-refractivity contribution is 7.14. The zero-order chi connectivity index (χ0) is 20.4. The molecule has 0 spiro atoms. The number of pyridine rings is 1. The monoisotopic (exact) mass is 398 g/mol. The number of carbonyl (C=O) groups excluding carboxylic acids is 1. The third-order valence-corrected chi connectivity index (χ3v) is 5.25. The van der Waals surface area contributed by atoms with Crippen LogP contribution in [0.15, 0.2) is 46.7 Å². The quantitative estimate of drug-likeness (QED) is 0.483. The number of thiazole rings is 1. The number of carbonyl (C=O) groups is 1. The van der Waals surface area contributed by atoms with Crippen LogP contribution in [0.1, 0.15) is 23.7 Å². The van der Waals surface area contributed by atoms with Crippen LogP contribution in [0, 0.1) is 24.0 Å². The fourth-order valence-corrected chi connectivity index (χ4v) is 3.65. The van der Waals surface area contributed by atoms with Crippen molar-refractivity contribution in [3.63, 3.8) is 0 Å². The van der Waals surface area contributed by atoms with Gasteiger partial charge < -0.3 is 4.57 Å². The molecule has 9 heteroatoms. The smallest absolute Gasteiger partial charge is 0.285 e. The number of amides is 1. The largest absolute Gasteiger partial charge is 0.303 e. The summed E-state index contributed by atoms with van der Waals surface area (Å²) in [6.45, 7) is 5.46. The SMILES string of the molecule is CC(=O)N(c1nc(Cn2cc([N+](=O)[O-])ccc2=O)cs1)c1cccc(C)c1C. The number of aromatic nitrogens is 2. The zero-order valence-corrected chi connectivity index (χ0v) is 16.4. The van der Waals surface area contributed by atoms with Crippen molar-refractivity contribution < 1.29 is 9.72 Å². The molecule has 1 amide bonds. The van der Waals surface area contributed by atoms with Crippen LogP contribution in [0.25, 0.3) is 0 Å². The zero-order valence-electron chi connectivity index (χ0n) is 15.6. The van der Waals surface area contributed by atoms with E-state index >= 15 is 0 Å². The van der Waals surface area contributed by atoms with Crippen molar-refractivity contribution in [2.45, 2.75) is 27.3 Å². The molecule has 0 radical (unpaired) electrons.